The lowest BCUT2D eigenvalue weighted by molar-refractivity contribution is 1.17. The number of pyridine rings is 1. The van der Waals surface area contributed by atoms with Crippen molar-refractivity contribution in [2.24, 2.45) is 0 Å². The van der Waals surface area contributed by atoms with Crippen LogP contribution in [-0.4, -0.2) is 9.38 Å². The van der Waals surface area contributed by atoms with E-state index in [1.165, 1.54) is 5.56 Å². The molecule has 0 saturated carbocycles. The number of hydrogen-bond donors (Lipinski definition) is 1. The first-order valence-electron chi connectivity index (χ1n) is 5.55. The smallest absolute Gasteiger partial charge is 0.146 e. The highest BCUT2D eigenvalue weighted by molar-refractivity contribution is 5.66. The second kappa shape index (κ2) is 3.63. The Balaban J connectivity index is 2.31. The van der Waals surface area contributed by atoms with Crippen molar-refractivity contribution in [2.75, 3.05) is 5.73 Å². The number of imidazole rings is 1. The van der Waals surface area contributed by atoms with Crippen LogP contribution in [0.5, 0.6) is 0 Å². The van der Waals surface area contributed by atoms with Crippen LogP contribution in [0.25, 0.3) is 16.9 Å². The fourth-order valence-corrected chi connectivity index (χ4v) is 2.06. The van der Waals surface area contributed by atoms with Gasteiger partial charge in [0.2, 0.25) is 0 Å². The molecule has 0 aliphatic carbocycles. The fraction of sp³-hybridized carbons (Fsp3) is 0.0714. The van der Waals surface area contributed by atoms with Crippen LogP contribution < -0.4 is 5.73 Å². The molecule has 84 valence electrons. The van der Waals surface area contributed by atoms with E-state index >= 15 is 0 Å². The maximum absolute atomic E-state index is 6.00. The number of nitrogens with zero attached hydrogens (tertiary/aromatic N) is 2. The SMILES string of the molecule is Cc1cccc(-c2ncc3cccc(N)n23)c1. The first kappa shape index (κ1) is 9.90. The van der Waals surface area contributed by atoms with Crippen LogP contribution in [0.15, 0.2) is 48.7 Å². The summed E-state index contributed by atoms with van der Waals surface area (Å²) < 4.78 is 1.97. The van der Waals surface area contributed by atoms with Gasteiger partial charge in [0.15, 0.2) is 0 Å². The largest absolute Gasteiger partial charge is 0.385 e. The molecule has 0 bridgehead atoms. The Morgan fingerprint density at radius 1 is 1.12 bits per heavy atom. The number of benzene rings is 1. The number of hydrogen-bond acceptors (Lipinski definition) is 2. The summed E-state index contributed by atoms with van der Waals surface area (Å²) in [7, 11) is 0. The minimum Gasteiger partial charge on any atom is -0.385 e. The summed E-state index contributed by atoms with van der Waals surface area (Å²) in [6.45, 7) is 2.07. The first-order valence-corrected chi connectivity index (χ1v) is 5.55. The molecule has 17 heavy (non-hydrogen) atoms. The number of aryl methyl sites for hydroxylation is 1. The Bertz CT molecular complexity index is 683. The summed E-state index contributed by atoms with van der Waals surface area (Å²) in [5.74, 6) is 1.60. The molecule has 2 heterocycles. The average molecular weight is 223 g/mol. The Morgan fingerprint density at radius 2 is 1.94 bits per heavy atom. The van der Waals surface area contributed by atoms with Crippen LogP contribution in [0.1, 0.15) is 5.56 Å². The van der Waals surface area contributed by atoms with Crippen LogP contribution in [0, 0.1) is 6.92 Å². The zero-order chi connectivity index (χ0) is 11.8. The highest BCUT2D eigenvalue weighted by Gasteiger charge is 2.07. The van der Waals surface area contributed by atoms with Gasteiger partial charge in [-0.15, -0.1) is 0 Å². The van der Waals surface area contributed by atoms with Crippen molar-refractivity contribution in [3.63, 3.8) is 0 Å². The molecule has 3 rings (SSSR count). The molecule has 0 spiro atoms. The van der Waals surface area contributed by atoms with E-state index in [1.54, 1.807) is 0 Å². The quantitative estimate of drug-likeness (QED) is 0.689. The molecule has 2 N–H and O–H groups in total. The monoisotopic (exact) mass is 223 g/mol. The summed E-state index contributed by atoms with van der Waals surface area (Å²) in [6.07, 6.45) is 1.84. The number of rotatable bonds is 1. The Hall–Kier alpha value is -2.29. The predicted octanol–water partition coefficient (Wildman–Crippen LogP) is 2.89. The lowest BCUT2D eigenvalue weighted by atomic mass is 10.1. The van der Waals surface area contributed by atoms with Gasteiger partial charge in [0.05, 0.1) is 11.7 Å². The van der Waals surface area contributed by atoms with Crippen LogP contribution >= 0.6 is 0 Å². The van der Waals surface area contributed by atoms with Crippen molar-refractivity contribution < 1.29 is 0 Å². The van der Waals surface area contributed by atoms with Gasteiger partial charge >= 0.3 is 0 Å². The maximum Gasteiger partial charge on any atom is 0.146 e. The second-order valence-electron chi connectivity index (χ2n) is 4.16. The Kier molecular flexibility index (Phi) is 2.11. The molecule has 0 atom stereocenters. The summed E-state index contributed by atoms with van der Waals surface area (Å²) in [5.41, 5.74) is 9.32. The third kappa shape index (κ3) is 1.56. The summed E-state index contributed by atoms with van der Waals surface area (Å²) in [5, 5.41) is 0. The number of nitrogens with two attached hydrogens (primary N) is 1. The van der Waals surface area contributed by atoms with Gasteiger partial charge in [-0.1, -0.05) is 29.8 Å². The molecule has 0 aliphatic heterocycles. The van der Waals surface area contributed by atoms with E-state index in [1.807, 2.05) is 40.9 Å². The molecule has 0 unspecified atom stereocenters. The van der Waals surface area contributed by atoms with Gasteiger partial charge in [-0.25, -0.2) is 4.98 Å². The van der Waals surface area contributed by atoms with Crippen LogP contribution in [-0.2, 0) is 0 Å². The normalized spacial score (nSPS) is 10.9. The standard InChI is InChI=1S/C14H13N3/c1-10-4-2-5-11(8-10)14-16-9-12-6-3-7-13(15)17(12)14/h2-9H,15H2,1H3. The van der Waals surface area contributed by atoms with Gasteiger partial charge in [0.1, 0.15) is 11.6 Å². The van der Waals surface area contributed by atoms with Gasteiger partial charge in [-0.05, 0) is 25.1 Å². The zero-order valence-electron chi connectivity index (χ0n) is 9.59. The van der Waals surface area contributed by atoms with E-state index in [0.717, 1.165) is 16.9 Å². The number of fused-ring (bicyclic) bond motifs is 1. The lowest BCUT2D eigenvalue weighted by Crippen LogP contribution is -1.98. The van der Waals surface area contributed by atoms with Crippen molar-refractivity contribution in [3.8, 4) is 11.4 Å². The number of anilines is 1. The highest BCUT2D eigenvalue weighted by Crippen LogP contribution is 2.23. The van der Waals surface area contributed by atoms with Crippen LogP contribution in [0.4, 0.5) is 5.82 Å². The van der Waals surface area contributed by atoms with Crippen molar-refractivity contribution in [2.45, 2.75) is 6.92 Å². The van der Waals surface area contributed by atoms with Gasteiger partial charge in [0.25, 0.3) is 0 Å². The molecule has 1 aromatic carbocycles. The summed E-state index contributed by atoms with van der Waals surface area (Å²) in [6, 6.07) is 14.1. The third-order valence-electron chi connectivity index (χ3n) is 2.86. The molecule has 0 amide bonds. The van der Waals surface area contributed by atoms with Crippen molar-refractivity contribution in [1.82, 2.24) is 9.38 Å². The zero-order valence-corrected chi connectivity index (χ0v) is 9.59. The molecule has 0 fully saturated rings. The molecule has 2 aromatic heterocycles. The molecule has 0 aliphatic rings. The highest BCUT2D eigenvalue weighted by atomic mass is 15.1. The van der Waals surface area contributed by atoms with E-state index < -0.39 is 0 Å². The van der Waals surface area contributed by atoms with Gasteiger partial charge in [-0.3, -0.25) is 4.40 Å². The van der Waals surface area contributed by atoms with Gasteiger partial charge in [-0.2, -0.15) is 0 Å². The van der Waals surface area contributed by atoms with Crippen LogP contribution in [0.3, 0.4) is 0 Å². The van der Waals surface area contributed by atoms with E-state index in [2.05, 4.69) is 24.0 Å². The van der Waals surface area contributed by atoms with Gasteiger partial charge in [0, 0.05) is 5.56 Å². The third-order valence-corrected chi connectivity index (χ3v) is 2.86. The summed E-state index contributed by atoms with van der Waals surface area (Å²) >= 11 is 0. The molecule has 3 nitrogen and oxygen atoms in total. The number of aromatic nitrogens is 2. The number of nitrogen functional groups attached to an aromatic ring is 1. The molecular formula is C14H13N3. The van der Waals surface area contributed by atoms with Crippen LogP contribution in [0.2, 0.25) is 0 Å². The Morgan fingerprint density at radius 3 is 2.76 bits per heavy atom. The predicted molar refractivity (Wildman–Crippen MR) is 69.8 cm³/mol. The van der Waals surface area contributed by atoms with E-state index in [0.29, 0.717) is 5.82 Å². The maximum atomic E-state index is 6.00. The van der Waals surface area contributed by atoms with Gasteiger partial charge < -0.3 is 5.73 Å². The minimum atomic E-state index is 0.705. The average Bonchev–Trinajstić information content (AvgIpc) is 2.74. The molecule has 0 radical (unpaired) electrons. The Labute approximate surface area is 99.5 Å². The lowest BCUT2D eigenvalue weighted by Gasteiger charge is -2.05. The first-order chi connectivity index (χ1) is 8.25. The van der Waals surface area contributed by atoms with Crippen molar-refractivity contribution in [1.29, 1.82) is 0 Å². The molecule has 3 aromatic rings. The van der Waals surface area contributed by atoms with E-state index in [9.17, 15) is 0 Å². The second-order valence-corrected chi connectivity index (χ2v) is 4.16. The fourth-order valence-electron chi connectivity index (χ4n) is 2.06. The van der Waals surface area contributed by atoms with Crippen molar-refractivity contribution >= 4 is 11.3 Å². The topological polar surface area (TPSA) is 43.3 Å². The molecular weight excluding hydrogens is 210 g/mol. The van der Waals surface area contributed by atoms with Crippen molar-refractivity contribution in [3.05, 3.63) is 54.2 Å². The summed E-state index contributed by atoms with van der Waals surface area (Å²) in [4.78, 5) is 4.45. The van der Waals surface area contributed by atoms with E-state index in [-0.39, 0.29) is 0 Å². The molecule has 0 saturated heterocycles. The van der Waals surface area contributed by atoms with E-state index in [4.69, 9.17) is 5.73 Å². The minimum absolute atomic E-state index is 0.705. The molecule has 3 heteroatoms.